The summed E-state index contributed by atoms with van der Waals surface area (Å²) in [5, 5.41) is 3.90. The van der Waals surface area contributed by atoms with E-state index in [4.69, 9.17) is 0 Å². The molecule has 0 saturated carbocycles. The van der Waals surface area contributed by atoms with Gasteiger partial charge in [-0.05, 0) is 6.92 Å². The lowest BCUT2D eigenvalue weighted by Gasteiger charge is -2.09. The maximum Gasteiger partial charge on any atom is 0.309 e. The Morgan fingerprint density at radius 2 is 2.22 bits per heavy atom. The highest BCUT2D eigenvalue weighted by Crippen LogP contribution is 2.09. The van der Waals surface area contributed by atoms with Crippen molar-refractivity contribution in [3.8, 4) is 0 Å². The van der Waals surface area contributed by atoms with E-state index in [-0.39, 0.29) is 11.5 Å². The zero-order valence-corrected chi connectivity index (χ0v) is 11.5. The third kappa shape index (κ3) is 3.80. The highest BCUT2D eigenvalue weighted by atomic mass is 32.2. The summed E-state index contributed by atoms with van der Waals surface area (Å²) in [6.07, 6.45) is 1.32. The normalized spacial score (nSPS) is 13.3. The molecule has 0 bridgehead atoms. The minimum absolute atomic E-state index is 0.220. The zero-order valence-electron chi connectivity index (χ0n) is 10.7. The monoisotopic (exact) mass is 275 g/mol. The highest BCUT2D eigenvalue weighted by molar-refractivity contribution is 7.90. The smallest absolute Gasteiger partial charge is 0.309 e. The van der Waals surface area contributed by atoms with Crippen LogP contribution in [0, 0.1) is 5.92 Å². The van der Waals surface area contributed by atoms with Crippen molar-refractivity contribution in [2.45, 2.75) is 26.1 Å². The average molecular weight is 275 g/mol. The van der Waals surface area contributed by atoms with Crippen molar-refractivity contribution in [2.75, 3.05) is 12.9 Å². The van der Waals surface area contributed by atoms with Crippen LogP contribution < -0.4 is 0 Å². The summed E-state index contributed by atoms with van der Waals surface area (Å²) in [4.78, 5) is 15.1. The molecule has 1 atom stereocenters. The van der Waals surface area contributed by atoms with Crippen molar-refractivity contribution in [3.05, 3.63) is 12.2 Å². The van der Waals surface area contributed by atoms with Crippen LogP contribution in [0.1, 0.15) is 19.7 Å². The van der Waals surface area contributed by atoms with Crippen LogP contribution in [0.2, 0.25) is 0 Å². The molecule has 1 rings (SSSR count). The third-order valence-electron chi connectivity index (χ3n) is 2.45. The summed E-state index contributed by atoms with van der Waals surface area (Å²) < 4.78 is 29.8. The van der Waals surface area contributed by atoms with Gasteiger partial charge in [-0.3, -0.25) is 4.79 Å². The van der Waals surface area contributed by atoms with E-state index < -0.39 is 21.7 Å². The van der Waals surface area contributed by atoms with Gasteiger partial charge in [0.05, 0.1) is 18.8 Å². The molecule has 1 aromatic heterocycles. The zero-order chi connectivity index (χ0) is 13.8. The van der Waals surface area contributed by atoms with Gasteiger partial charge in [-0.15, -0.1) is 0 Å². The Morgan fingerprint density at radius 3 is 2.78 bits per heavy atom. The molecule has 0 saturated heterocycles. The summed E-state index contributed by atoms with van der Waals surface area (Å²) >= 11 is 0. The fraction of sp³-hybridized carbons (Fsp3) is 0.700. The van der Waals surface area contributed by atoms with E-state index in [9.17, 15) is 13.2 Å². The van der Waals surface area contributed by atoms with Crippen molar-refractivity contribution in [1.82, 2.24) is 14.8 Å². The first-order valence-electron chi connectivity index (χ1n) is 5.54. The van der Waals surface area contributed by atoms with E-state index in [0.717, 1.165) is 0 Å². The third-order valence-corrected chi connectivity index (χ3v) is 4.16. The van der Waals surface area contributed by atoms with Crippen LogP contribution >= 0.6 is 0 Å². The van der Waals surface area contributed by atoms with Gasteiger partial charge in [0.25, 0.3) is 0 Å². The van der Waals surface area contributed by atoms with Crippen molar-refractivity contribution >= 4 is 15.8 Å². The summed E-state index contributed by atoms with van der Waals surface area (Å²) in [7, 11) is -2.18. The van der Waals surface area contributed by atoms with E-state index in [0.29, 0.717) is 12.4 Å². The van der Waals surface area contributed by atoms with Crippen molar-refractivity contribution in [3.63, 3.8) is 0 Å². The highest BCUT2D eigenvalue weighted by Gasteiger charge is 2.24. The first-order chi connectivity index (χ1) is 8.39. The lowest BCUT2D eigenvalue weighted by Crippen LogP contribution is -2.24. The molecule has 0 aliphatic heterocycles. The number of nitrogens with zero attached hydrogens (tertiary/aromatic N) is 3. The van der Waals surface area contributed by atoms with Crippen molar-refractivity contribution < 1.29 is 17.9 Å². The van der Waals surface area contributed by atoms with Gasteiger partial charge in [-0.25, -0.2) is 18.1 Å². The molecule has 0 aliphatic rings. The largest absolute Gasteiger partial charge is 0.469 e. The molecule has 102 valence electrons. The average Bonchev–Trinajstić information content (AvgIpc) is 2.73. The van der Waals surface area contributed by atoms with E-state index in [2.05, 4.69) is 14.8 Å². The lowest BCUT2D eigenvalue weighted by atomic mass is 10.2. The Labute approximate surface area is 106 Å². The molecule has 1 aromatic rings. The van der Waals surface area contributed by atoms with Crippen LogP contribution in [-0.4, -0.2) is 42.0 Å². The first-order valence-corrected chi connectivity index (χ1v) is 7.36. The maximum atomic E-state index is 11.9. The minimum Gasteiger partial charge on any atom is -0.469 e. The number of sulfone groups is 1. The molecule has 18 heavy (non-hydrogen) atoms. The summed E-state index contributed by atoms with van der Waals surface area (Å²) in [5.74, 6) is -1.30. The Bertz CT molecular complexity index is 509. The molecular weight excluding hydrogens is 258 g/mol. The molecule has 0 aromatic carbocycles. The maximum absolute atomic E-state index is 11.9. The second-order valence-corrected chi connectivity index (χ2v) is 6.08. The number of esters is 1. The number of hydrogen-bond donors (Lipinski definition) is 0. The molecule has 8 heteroatoms. The fourth-order valence-electron chi connectivity index (χ4n) is 1.57. The molecule has 0 N–H and O–H groups in total. The molecule has 1 heterocycles. The number of rotatable bonds is 6. The van der Waals surface area contributed by atoms with Gasteiger partial charge in [-0.2, -0.15) is 5.10 Å². The number of methoxy groups -OCH3 is 1. The summed E-state index contributed by atoms with van der Waals surface area (Å²) in [6, 6.07) is 0. The van der Waals surface area contributed by atoms with Crippen LogP contribution in [0.15, 0.2) is 6.33 Å². The van der Waals surface area contributed by atoms with Gasteiger partial charge in [0.15, 0.2) is 9.84 Å². The number of aryl methyl sites for hydroxylation is 1. The predicted molar refractivity (Wildman–Crippen MR) is 64.4 cm³/mol. The first kappa shape index (κ1) is 14.6. The standard InChI is InChI=1S/C10H17N3O4S/c1-4-13-9(11-7-12-13)6-18(15,16)5-8(2)10(14)17-3/h7-8H,4-6H2,1-3H3. The molecule has 0 fully saturated rings. The van der Waals surface area contributed by atoms with Gasteiger partial charge in [0.2, 0.25) is 0 Å². The SMILES string of the molecule is CCn1ncnc1CS(=O)(=O)CC(C)C(=O)OC. The quantitative estimate of drug-likeness (QED) is 0.680. The van der Waals surface area contributed by atoms with E-state index in [1.165, 1.54) is 25.0 Å². The van der Waals surface area contributed by atoms with Crippen molar-refractivity contribution in [2.24, 2.45) is 5.92 Å². The van der Waals surface area contributed by atoms with Gasteiger partial charge in [0, 0.05) is 6.54 Å². The Hall–Kier alpha value is -1.44. The molecule has 7 nitrogen and oxygen atoms in total. The van der Waals surface area contributed by atoms with Gasteiger partial charge >= 0.3 is 5.97 Å². The molecule has 0 spiro atoms. The van der Waals surface area contributed by atoms with Crippen LogP contribution in [0.4, 0.5) is 0 Å². The predicted octanol–water partition coefficient (Wildman–Crippen LogP) is 0.0219. The second-order valence-electron chi connectivity index (χ2n) is 3.97. The van der Waals surface area contributed by atoms with Crippen LogP contribution in [0.5, 0.6) is 0 Å². The summed E-state index contributed by atoms with van der Waals surface area (Å²) in [5.41, 5.74) is 0. The Kier molecular flexibility index (Phi) is 4.83. The molecule has 0 aliphatic carbocycles. The van der Waals surface area contributed by atoms with E-state index >= 15 is 0 Å². The topological polar surface area (TPSA) is 91.1 Å². The summed E-state index contributed by atoms with van der Waals surface area (Å²) in [6.45, 7) is 3.92. The number of aromatic nitrogens is 3. The minimum atomic E-state index is -3.42. The van der Waals surface area contributed by atoms with Crippen LogP contribution in [0.25, 0.3) is 0 Å². The fourth-order valence-corrected chi connectivity index (χ4v) is 3.20. The van der Waals surface area contributed by atoms with Crippen molar-refractivity contribution in [1.29, 1.82) is 0 Å². The Morgan fingerprint density at radius 1 is 1.56 bits per heavy atom. The molecule has 0 radical (unpaired) electrons. The van der Waals surface area contributed by atoms with Crippen LogP contribution in [0.3, 0.4) is 0 Å². The number of carbonyl (C=O) groups is 1. The van der Waals surface area contributed by atoms with E-state index in [1.807, 2.05) is 6.92 Å². The number of ether oxygens (including phenoxy) is 1. The van der Waals surface area contributed by atoms with E-state index in [1.54, 1.807) is 0 Å². The lowest BCUT2D eigenvalue weighted by molar-refractivity contribution is -0.144. The Balaban J connectivity index is 2.74. The molecule has 1 unspecified atom stereocenters. The van der Waals surface area contributed by atoms with Gasteiger partial charge < -0.3 is 4.74 Å². The molecular formula is C10H17N3O4S. The molecule has 0 amide bonds. The second kappa shape index (κ2) is 5.94. The number of carbonyl (C=O) groups excluding carboxylic acids is 1. The van der Waals surface area contributed by atoms with Crippen LogP contribution in [-0.2, 0) is 31.7 Å². The number of hydrogen-bond acceptors (Lipinski definition) is 6. The van der Waals surface area contributed by atoms with Gasteiger partial charge in [-0.1, -0.05) is 6.92 Å². The van der Waals surface area contributed by atoms with Gasteiger partial charge in [0.1, 0.15) is 17.9 Å².